The van der Waals surface area contributed by atoms with Crippen LogP contribution in [0.25, 0.3) is 10.8 Å². The highest BCUT2D eigenvalue weighted by Gasteiger charge is 2.14. The Morgan fingerprint density at radius 2 is 1.96 bits per heavy atom. The number of anilines is 2. The molecule has 3 aromatic rings. The van der Waals surface area contributed by atoms with Crippen LogP contribution in [0.15, 0.2) is 49.1 Å². The molecule has 3 N–H and O–H groups in total. The maximum atomic E-state index is 12.2. The molecule has 0 fully saturated rings. The number of aromatic hydroxyl groups is 1. The van der Waals surface area contributed by atoms with Gasteiger partial charge in [0.25, 0.3) is 5.91 Å². The summed E-state index contributed by atoms with van der Waals surface area (Å²) in [5, 5.41) is 14.1. The van der Waals surface area contributed by atoms with Gasteiger partial charge in [0.2, 0.25) is 16.4 Å². The van der Waals surface area contributed by atoms with E-state index in [2.05, 4.69) is 10.0 Å². The molecule has 0 atom stereocenters. The third kappa shape index (κ3) is 3.94. The summed E-state index contributed by atoms with van der Waals surface area (Å²) in [4.78, 5) is 12.2. The number of benzene rings is 2. The molecule has 1 aromatic heterocycles. The van der Waals surface area contributed by atoms with E-state index >= 15 is 0 Å². The van der Waals surface area contributed by atoms with Gasteiger partial charge in [0.1, 0.15) is 18.1 Å². The first kappa shape index (κ1) is 17.7. The normalized spacial score (nSPS) is 11.5. The standard InChI is InChI=1S/C17H18N4O4S/c1-20-8-9-21(11-20)10-16(22)18-15-7-6-12-13(17(15)23)4-3-5-14(12)19-26(2,24)25/h3-9,11,19H,10H2,1-2H3,(H-,18,22,23)/p+1. The van der Waals surface area contributed by atoms with Crippen LogP contribution in [0.1, 0.15) is 0 Å². The van der Waals surface area contributed by atoms with Gasteiger partial charge in [0.05, 0.1) is 24.7 Å². The van der Waals surface area contributed by atoms with E-state index in [-0.39, 0.29) is 23.9 Å². The number of aromatic nitrogens is 2. The second-order valence-corrected chi connectivity index (χ2v) is 7.78. The molecular weight excluding hydrogens is 356 g/mol. The third-order valence-electron chi connectivity index (χ3n) is 3.75. The number of aryl methyl sites for hydroxylation is 1. The van der Waals surface area contributed by atoms with E-state index in [1.165, 1.54) is 0 Å². The van der Waals surface area contributed by atoms with E-state index in [0.29, 0.717) is 16.5 Å². The Kier molecular flexibility index (Phi) is 4.56. The zero-order valence-corrected chi connectivity index (χ0v) is 15.1. The highest BCUT2D eigenvalue weighted by molar-refractivity contribution is 7.92. The SMILES string of the molecule is C[n+]1ccn(CC(=O)Nc2ccc3c(NS(C)(=O)=O)cccc3c2O)c1. The van der Waals surface area contributed by atoms with Gasteiger partial charge in [-0.05, 0) is 18.2 Å². The van der Waals surface area contributed by atoms with Gasteiger partial charge in [-0.15, -0.1) is 0 Å². The number of hydrogen-bond donors (Lipinski definition) is 3. The molecule has 8 nitrogen and oxygen atoms in total. The van der Waals surface area contributed by atoms with Crippen molar-refractivity contribution >= 4 is 38.1 Å². The Morgan fingerprint density at radius 3 is 2.62 bits per heavy atom. The summed E-state index contributed by atoms with van der Waals surface area (Å²) < 4.78 is 28.9. The molecule has 1 amide bonds. The second kappa shape index (κ2) is 6.68. The van der Waals surface area contributed by atoms with Crippen molar-refractivity contribution in [3.8, 4) is 5.75 Å². The maximum absolute atomic E-state index is 12.2. The number of carbonyl (C=O) groups excluding carboxylic acids is 1. The van der Waals surface area contributed by atoms with Crippen LogP contribution in [0.5, 0.6) is 5.75 Å². The molecule has 0 saturated heterocycles. The Balaban J connectivity index is 1.88. The van der Waals surface area contributed by atoms with Gasteiger partial charge < -0.3 is 10.4 Å². The van der Waals surface area contributed by atoms with Gasteiger partial charge in [-0.3, -0.25) is 9.52 Å². The Hall–Kier alpha value is -3.07. The minimum Gasteiger partial charge on any atom is -0.505 e. The molecule has 136 valence electrons. The molecule has 1 heterocycles. The topological polar surface area (TPSA) is 104 Å². The maximum Gasteiger partial charge on any atom is 0.266 e. The summed E-state index contributed by atoms with van der Waals surface area (Å²) in [6.45, 7) is 0.105. The lowest BCUT2D eigenvalue weighted by Crippen LogP contribution is -2.25. The van der Waals surface area contributed by atoms with Crippen molar-refractivity contribution in [2.24, 2.45) is 7.05 Å². The van der Waals surface area contributed by atoms with Crippen LogP contribution >= 0.6 is 0 Å². The predicted octanol–water partition coefficient (Wildman–Crippen LogP) is 1.18. The molecule has 0 aliphatic carbocycles. The van der Waals surface area contributed by atoms with E-state index in [0.717, 1.165) is 6.26 Å². The fourth-order valence-corrected chi connectivity index (χ4v) is 3.26. The average molecular weight is 375 g/mol. The van der Waals surface area contributed by atoms with Crippen LogP contribution in [-0.4, -0.2) is 30.3 Å². The van der Waals surface area contributed by atoms with Crippen molar-refractivity contribution in [3.05, 3.63) is 49.1 Å². The van der Waals surface area contributed by atoms with E-state index in [9.17, 15) is 18.3 Å². The van der Waals surface area contributed by atoms with Crippen LogP contribution < -0.4 is 14.6 Å². The lowest BCUT2D eigenvalue weighted by molar-refractivity contribution is -0.671. The van der Waals surface area contributed by atoms with Gasteiger partial charge in [-0.2, -0.15) is 0 Å². The largest absolute Gasteiger partial charge is 0.505 e. The second-order valence-electron chi connectivity index (χ2n) is 6.04. The molecule has 0 saturated carbocycles. The number of rotatable bonds is 5. The van der Waals surface area contributed by atoms with Gasteiger partial charge in [-0.25, -0.2) is 17.6 Å². The molecule has 3 rings (SSSR count). The number of imidazole rings is 1. The number of phenolic OH excluding ortho intramolecular Hbond substituents is 1. The number of sulfonamides is 1. The molecule has 26 heavy (non-hydrogen) atoms. The number of nitrogens with one attached hydrogen (secondary N) is 2. The van der Waals surface area contributed by atoms with Crippen LogP contribution in [-0.2, 0) is 28.4 Å². The summed E-state index contributed by atoms with van der Waals surface area (Å²) in [6.07, 6.45) is 6.41. The zero-order valence-electron chi connectivity index (χ0n) is 14.3. The third-order valence-corrected chi connectivity index (χ3v) is 4.34. The number of hydrogen-bond acceptors (Lipinski definition) is 4. The Labute approximate surface area is 150 Å². The number of carbonyl (C=O) groups is 1. The molecule has 0 unspecified atom stereocenters. The number of nitrogens with zero attached hydrogens (tertiary/aromatic N) is 2. The smallest absolute Gasteiger partial charge is 0.266 e. The molecule has 0 aliphatic heterocycles. The number of amides is 1. The molecular formula is C17H19N4O4S+. The van der Waals surface area contributed by atoms with E-state index in [4.69, 9.17) is 0 Å². The molecule has 0 radical (unpaired) electrons. The van der Waals surface area contributed by atoms with Crippen LogP contribution in [0, 0.1) is 0 Å². The summed E-state index contributed by atoms with van der Waals surface area (Å²) in [5.41, 5.74) is 0.619. The van der Waals surface area contributed by atoms with Crippen molar-refractivity contribution in [1.29, 1.82) is 0 Å². The van der Waals surface area contributed by atoms with Crippen LogP contribution in [0.2, 0.25) is 0 Å². The fourth-order valence-electron chi connectivity index (χ4n) is 2.68. The number of phenols is 1. The fraction of sp³-hybridized carbons (Fsp3) is 0.176. The lowest BCUT2D eigenvalue weighted by atomic mass is 10.1. The van der Waals surface area contributed by atoms with Crippen molar-refractivity contribution in [2.45, 2.75) is 6.54 Å². The van der Waals surface area contributed by atoms with E-state index in [1.54, 1.807) is 47.4 Å². The summed E-state index contributed by atoms with van der Waals surface area (Å²) >= 11 is 0. The van der Waals surface area contributed by atoms with Crippen LogP contribution in [0.4, 0.5) is 11.4 Å². The quantitative estimate of drug-likeness (QED) is 0.460. The van der Waals surface area contributed by atoms with Crippen molar-refractivity contribution < 1.29 is 22.9 Å². The summed E-state index contributed by atoms with van der Waals surface area (Å²) in [6, 6.07) is 8.07. The molecule has 0 bridgehead atoms. The van der Waals surface area contributed by atoms with Gasteiger partial charge in [0.15, 0.2) is 6.54 Å². The Bertz CT molecular complexity index is 1090. The van der Waals surface area contributed by atoms with Crippen molar-refractivity contribution in [1.82, 2.24) is 4.57 Å². The van der Waals surface area contributed by atoms with Gasteiger partial charge in [0, 0.05) is 10.8 Å². The molecule has 0 aliphatic rings. The average Bonchev–Trinajstić information content (AvgIpc) is 2.94. The van der Waals surface area contributed by atoms with Gasteiger partial charge >= 0.3 is 0 Å². The highest BCUT2D eigenvalue weighted by Crippen LogP contribution is 2.36. The van der Waals surface area contributed by atoms with Crippen molar-refractivity contribution in [2.75, 3.05) is 16.3 Å². The first-order valence-corrected chi connectivity index (χ1v) is 9.65. The minimum atomic E-state index is -3.45. The Morgan fingerprint density at radius 1 is 1.19 bits per heavy atom. The van der Waals surface area contributed by atoms with Crippen LogP contribution in [0.3, 0.4) is 0 Å². The molecule has 0 spiro atoms. The predicted molar refractivity (Wildman–Crippen MR) is 98.3 cm³/mol. The lowest BCUT2D eigenvalue weighted by Gasteiger charge is -2.12. The first-order chi connectivity index (χ1) is 12.2. The summed E-state index contributed by atoms with van der Waals surface area (Å²) in [7, 11) is -1.60. The minimum absolute atomic E-state index is 0.105. The monoisotopic (exact) mass is 375 g/mol. The molecule has 2 aromatic carbocycles. The first-order valence-electron chi connectivity index (χ1n) is 7.76. The van der Waals surface area contributed by atoms with Gasteiger partial charge in [-0.1, -0.05) is 12.1 Å². The molecule has 9 heteroatoms. The number of fused-ring (bicyclic) bond motifs is 1. The van der Waals surface area contributed by atoms with Crippen molar-refractivity contribution in [3.63, 3.8) is 0 Å². The van der Waals surface area contributed by atoms with E-state index in [1.807, 2.05) is 17.8 Å². The summed E-state index contributed by atoms with van der Waals surface area (Å²) in [5.74, 6) is -0.410. The zero-order chi connectivity index (χ0) is 18.9. The highest BCUT2D eigenvalue weighted by atomic mass is 32.2. The van der Waals surface area contributed by atoms with E-state index < -0.39 is 10.0 Å².